The van der Waals surface area contributed by atoms with Gasteiger partial charge >= 0.3 is 21.2 Å². The van der Waals surface area contributed by atoms with Crippen molar-refractivity contribution in [1.29, 1.82) is 0 Å². The second-order valence-corrected chi connectivity index (χ2v) is 4.05. The van der Waals surface area contributed by atoms with E-state index in [-0.39, 0.29) is 0 Å². The number of hydrogen-bond donors (Lipinski definition) is 2. The highest BCUT2D eigenvalue weighted by Gasteiger charge is 2.43. The molecule has 0 spiro atoms. The van der Waals surface area contributed by atoms with Crippen LogP contribution in [-0.4, -0.2) is 29.2 Å². The van der Waals surface area contributed by atoms with Gasteiger partial charge in [0.05, 0.1) is 0 Å². The molecule has 0 radical (unpaired) electrons. The summed E-state index contributed by atoms with van der Waals surface area (Å²) in [5, 5.41) is 6.37. The summed E-state index contributed by atoms with van der Waals surface area (Å²) in [5.41, 5.74) is 0. The fraction of sp³-hybridized carbons (Fsp3) is 0.571. The Morgan fingerprint density at radius 3 is 2.36 bits per heavy atom. The molecule has 2 N–H and O–H groups in total. The van der Waals surface area contributed by atoms with E-state index in [4.69, 9.17) is 4.55 Å². The molecule has 0 fully saturated rings. The van der Waals surface area contributed by atoms with Gasteiger partial charge in [-0.05, 0) is 6.92 Å². The highest BCUT2D eigenvalue weighted by Crippen LogP contribution is 2.19. The molecule has 82 valence electrons. The van der Waals surface area contributed by atoms with Crippen LogP contribution in [0, 0.1) is 0 Å². The standard InChI is InChI=1S/C7H12O6S/c1-3-5-6(8)13-7(9,4-2)14(10,11)12/h3,5,9H,4H2,1-2H3,(H,10,11,12). The van der Waals surface area contributed by atoms with Crippen LogP contribution in [0.25, 0.3) is 0 Å². The molecule has 0 aromatic heterocycles. The fourth-order valence-corrected chi connectivity index (χ4v) is 1.19. The Hall–Kier alpha value is -0.920. The molecule has 0 aliphatic rings. The topological polar surface area (TPSA) is 101 Å². The maximum absolute atomic E-state index is 10.8. The van der Waals surface area contributed by atoms with Gasteiger partial charge < -0.3 is 9.84 Å². The first-order valence-electron chi connectivity index (χ1n) is 3.82. The number of carbonyl (C=O) groups excluding carboxylic acids is 1. The zero-order valence-corrected chi connectivity index (χ0v) is 8.61. The van der Waals surface area contributed by atoms with E-state index in [1.165, 1.54) is 19.9 Å². The van der Waals surface area contributed by atoms with Crippen molar-refractivity contribution in [2.45, 2.75) is 25.4 Å². The van der Waals surface area contributed by atoms with Crippen molar-refractivity contribution in [3.63, 3.8) is 0 Å². The van der Waals surface area contributed by atoms with Gasteiger partial charge in [-0.3, -0.25) is 4.55 Å². The quantitative estimate of drug-likeness (QED) is 0.303. The molecule has 0 bridgehead atoms. The minimum Gasteiger partial charge on any atom is -0.413 e. The number of carbonyl (C=O) groups is 1. The van der Waals surface area contributed by atoms with Crippen molar-refractivity contribution < 1.29 is 27.6 Å². The largest absolute Gasteiger partial charge is 0.413 e. The second-order valence-electron chi connectivity index (χ2n) is 2.46. The summed E-state index contributed by atoms with van der Waals surface area (Å²) in [6.45, 7) is 2.76. The number of esters is 1. The van der Waals surface area contributed by atoms with Crippen LogP contribution < -0.4 is 0 Å². The Kier molecular flexibility index (Phi) is 4.24. The molecule has 0 saturated heterocycles. The lowest BCUT2D eigenvalue weighted by molar-refractivity contribution is -0.175. The van der Waals surface area contributed by atoms with Crippen molar-refractivity contribution in [2.75, 3.05) is 0 Å². The monoisotopic (exact) mass is 224 g/mol. The predicted molar refractivity (Wildman–Crippen MR) is 47.7 cm³/mol. The molecule has 0 aliphatic heterocycles. The highest BCUT2D eigenvalue weighted by molar-refractivity contribution is 7.86. The van der Waals surface area contributed by atoms with Crippen LogP contribution in [0.15, 0.2) is 12.2 Å². The summed E-state index contributed by atoms with van der Waals surface area (Å²) in [4.78, 5) is 10.8. The van der Waals surface area contributed by atoms with Crippen LogP contribution in [0.5, 0.6) is 0 Å². The normalized spacial score (nSPS) is 16.6. The fourth-order valence-electron chi connectivity index (χ4n) is 0.635. The van der Waals surface area contributed by atoms with E-state index in [9.17, 15) is 18.3 Å². The summed E-state index contributed by atoms with van der Waals surface area (Å²) in [5.74, 6) is -1.05. The summed E-state index contributed by atoms with van der Waals surface area (Å²) in [6, 6.07) is 0. The molecule has 0 rings (SSSR count). The summed E-state index contributed by atoms with van der Waals surface area (Å²) < 4.78 is 34.0. The van der Waals surface area contributed by atoms with Gasteiger partial charge in [0, 0.05) is 12.5 Å². The average Bonchev–Trinajstić information content (AvgIpc) is 2.02. The number of allylic oxidation sites excluding steroid dienone is 1. The van der Waals surface area contributed by atoms with Crippen LogP contribution in [0.3, 0.4) is 0 Å². The van der Waals surface area contributed by atoms with Gasteiger partial charge in [-0.15, -0.1) is 0 Å². The molecule has 0 aromatic rings. The summed E-state index contributed by atoms with van der Waals surface area (Å²) in [6.07, 6.45) is 1.77. The van der Waals surface area contributed by atoms with E-state index in [0.29, 0.717) is 0 Å². The Balaban J connectivity index is 4.84. The van der Waals surface area contributed by atoms with E-state index < -0.39 is 27.6 Å². The maximum Gasteiger partial charge on any atom is 0.340 e. The van der Waals surface area contributed by atoms with E-state index in [0.717, 1.165) is 6.08 Å². The lowest BCUT2D eigenvalue weighted by atomic mass is 10.4. The molecule has 14 heavy (non-hydrogen) atoms. The van der Waals surface area contributed by atoms with Crippen LogP contribution in [0.1, 0.15) is 20.3 Å². The van der Waals surface area contributed by atoms with E-state index in [1.54, 1.807) is 0 Å². The molecule has 0 heterocycles. The highest BCUT2D eigenvalue weighted by atomic mass is 32.2. The van der Waals surface area contributed by atoms with Crippen molar-refractivity contribution in [1.82, 2.24) is 0 Å². The molecule has 0 saturated carbocycles. The van der Waals surface area contributed by atoms with Gasteiger partial charge in [0.1, 0.15) is 0 Å². The molecule has 0 aliphatic carbocycles. The SMILES string of the molecule is CC=CC(=O)OC(O)(CC)S(=O)(=O)O. The number of hydrogen-bond acceptors (Lipinski definition) is 5. The minimum atomic E-state index is -4.85. The maximum atomic E-state index is 10.8. The van der Waals surface area contributed by atoms with Gasteiger partial charge in [0.2, 0.25) is 0 Å². The van der Waals surface area contributed by atoms with Crippen LogP contribution in [0.2, 0.25) is 0 Å². The van der Waals surface area contributed by atoms with Crippen molar-refractivity contribution in [3.05, 3.63) is 12.2 Å². The lowest BCUT2D eigenvalue weighted by Gasteiger charge is -2.21. The van der Waals surface area contributed by atoms with Gasteiger partial charge in [-0.1, -0.05) is 13.0 Å². The Morgan fingerprint density at radius 1 is 1.57 bits per heavy atom. The second kappa shape index (κ2) is 4.54. The molecule has 0 aromatic carbocycles. The third-order valence-corrected chi connectivity index (χ3v) is 2.59. The number of rotatable bonds is 4. The van der Waals surface area contributed by atoms with Crippen molar-refractivity contribution in [3.8, 4) is 0 Å². The first-order chi connectivity index (χ1) is 6.27. The zero-order chi connectivity index (χ0) is 11.4. The zero-order valence-electron chi connectivity index (χ0n) is 7.80. The lowest BCUT2D eigenvalue weighted by Crippen LogP contribution is -2.41. The molecular formula is C7H12O6S. The Bertz CT molecular complexity index is 330. The van der Waals surface area contributed by atoms with Crippen molar-refractivity contribution >= 4 is 16.1 Å². The van der Waals surface area contributed by atoms with Gasteiger partial charge in [-0.25, -0.2) is 4.79 Å². The van der Waals surface area contributed by atoms with E-state index >= 15 is 0 Å². The Labute approximate surface area is 81.9 Å². The Morgan fingerprint density at radius 2 is 2.07 bits per heavy atom. The van der Waals surface area contributed by atoms with Gasteiger partial charge in [0.15, 0.2) is 0 Å². The van der Waals surface area contributed by atoms with Gasteiger partial charge in [0.25, 0.3) is 0 Å². The summed E-state index contributed by atoms with van der Waals surface area (Å²) in [7, 11) is -4.85. The number of ether oxygens (including phenoxy) is 1. The molecule has 1 unspecified atom stereocenters. The first-order valence-corrected chi connectivity index (χ1v) is 5.26. The molecule has 7 heteroatoms. The minimum absolute atomic E-state index is 0.463. The van der Waals surface area contributed by atoms with Crippen molar-refractivity contribution in [2.24, 2.45) is 0 Å². The van der Waals surface area contributed by atoms with Crippen LogP contribution in [-0.2, 0) is 19.6 Å². The molecular weight excluding hydrogens is 212 g/mol. The van der Waals surface area contributed by atoms with Gasteiger partial charge in [-0.2, -0.15) is 8.42 Å². The third kappa shape index (κ3) is 3.09. The average molecular weight is 224 g/mol. The van der Waals surface area contributed by atoms with Crippen LogP contribution in [0.4, 0.5) is 0 Å². The first kappa shape index (κ1) is 13.1. The number of aliphatic hydroxyl groups is 1. The van der Waals surface area contributed by atoms with E-state index in [1.807, 2.05) is 0 Å². The van der Waals surface area contributed by atoms with E-state index in [2.05, 4.69) is 4.74 Å². The molecule has 1 atom stereocenters. The third-order valence-electron chi connectivity index (χ3n) is 1.41. The molecule has 6 nitrogen and oxygen atoms in total. The predicted octanol–water partition coefficient (Wildman–Crippen LogP) is 0.0496. The van der Waals surface area contributed by atoms with Crippen LogP contribution >= 0.6 is 0 Å². The smallest absolute Gasteiger partial charge is 0.340 e. The molecule has 0 amide bonds. The summed E-state index contributed by atoms with van der Waals surface area (Å²) >= 11 is 0.